The number of benzene rings is 1. The van der Waals surface area contributed by atoms with Crippen LogP contribution in [0.3, 0.4) is 0 Å². The molecule has 25 heavy (non-hydrogen) atoms. The van der Waals surface area contributed by atoms with E-state index in [1.165, 1.54) is 17.4 Å². The van der Waals surface area contributed by atoms with E-state index in [9.17, 15) is 15.0 Å². The van der Waals surface area contributed by atoms with Crippen LogP contribution in [-0.4, -0.2) is 32.5 Å². The Balaban J connectivity index is 2.06. The normalized spacial score (nSPS) is 11.3. The summed E-state index contributed by atoms with van der Waals surface area (Å²) in [5.41, 5.74) is 2.56. The third-order valence-corrected chi connectivity index (χ3v) is 5.44. The van der Waals surface area contributed by atoms with Gasteiger partial charge in [-0.05, 0) is 49.6 Å². The summed E-state index contributed by atoms with van der Waals surface area (Å²) in [5.74, 6) is -0.831. The highest BCUT2D eigenvalue weighted by Crippen LogP contribution is 2.38. The van der Waals surface area contributed by atoms with Gasteiger partial charge in [0.15, 0.2) is 0 Å². The van der Waals surface area contributed by atoms with E-state index in [2.05, 4.69) is 4.57 Å². The molecule has 2 aromatic heterocycles. The molecule has 2 heterocycles. The number of aryl methyl sites for hydroxylation is 1. The van der Waals surface area contributed by atoms with Crippen molar-refractivity contribution in [1.29, 1.82) is 0 Å². The van der Waals surface area contributed by atoms with E-state index in [0.717, 1.165) is 40.7 Å². The molecule has 0 saturated carbocycles. The molecule has 0 spiro atoms. The number of nitrogens with zero attached hydrogens (tertiary/aromatic N) is 1. The minimum atomic E-state index is -0.933. The predicted octanol–water partition coefficient (Wildman–Crippen LogP) is 4.59. The molecule has 0 amide bonds. The smallest absolute Gasteiger partial charge is 0.345 e. The number of carbonyl (C=O) groups is 1. The lowest BCUT2D eigenvalue weighted by Gasteiger charge is -2.12. The number of aliphatic hydroxyl groups excluding tert-OH is 1. The standard InChI is InChI=1S/C18H18ClNO4S/c19-13-8-11(22)4-5-12(13)14-9-16-15(10-17(25-16)18(23)24)20(14)6-2-1-3-7-21/h4-5,8-10,21-22H,1-3,6-7H2,(H,23,24). The second kappa shape index (κ2) is 7.47. The van der Waals surface area contributed by atoms with Crippen LogP contribution in [0.1, 0.15) is 28.9 Å². The molecule has 0 aliphatic heterocycles. The fraction of sp³-hybridized carbons (Fsp3) is 0.278. The van der Waals surface area contributed by atoms with Crippen LogP contribution in [0.5, 0.6) is 5.75 Å². The molecular formula is C18H18ClNO4S. The number of carboxylic acid groups (broad SMARTS) is 1. The van der Waals surface area contributed by atoms with Crippen LogP contribution in [0.25, 0.3) is 21.5 Å². The highest BCUT2D eigenvalue weighted by atomic mass is 35.5. The van der Waals surface area contributed by atoms with Gasteiger partial charge in [0.1, 0.15) is 10.6 Å². The number of rotatable bonds is 7. The summed E-state index contributed by atoms with van der Waals surface area (Å²) < 4.78 is 2.95. The number of phenols is 1. The molecule has 0 fully saturated rings. The molecule has 0 saturated heterocycles. The highest BCUT2D eigenvalue weighted by molar-refractivity contribution is 7.20. The van der Waals surface area contributed by atoms with Gasteiger partial charge >= 0.3 is 5.97 Å². The van der Waals surface area contributed by atoms with Gasteiger partial charge in [-0.25, -0.2) is 4.79 Å². The number of hydrogen-bond donors (Lipinski definition) is 3. The number of carboxylic acids is 1. The number of aromatic carboxylic acids is 1. The Bertz CT molecular complexity index is 915. The Morgan fingerprint density at radius 1 is 1.16 bits per heavy atom. The number of halogens is 1. The van der Waals surface area contributed by atoms with E-state index in [-0.39, 0.29) is 12.4 Å². The van der Waals surface area contributed by atoms with Crippen LogP contribution in [0.2, 0.25) is 5.02 Å². The van der Waals surface area contributed by atoms with Gasteiger partial charge < -0.3 is 19.9 Å². The first kappa shape index (κ1) is 17.8. The summed E-state index contributed by atoms with van der Waals surface area (Å²) in [4.78, 5) is 11.6. The molecule has 0 unspecified atom stereocenters. The lowest BCUT2D eigenvalue weighted by atomic mass is 10.1. The number of phenolic OH excluding ortho intramolecular Hbond substituents is 1. The Labute approximate surface area is 153 Å². The number of hydrogen-bond acceptors (Lipinski definition) is 4. The lowest BCUT2D eigenvalue weighted by molar-refractivity contribution is 0.0702. The minimum Gasteiger partial charge on any atom is -0.508 e. The van der Waals surface area contributed by atoms with Crippen molar-refractivity contribution in [3.63, 3.8) is 0 Å². The van der Waals surface area contributed by atoms with Crippen molar-refractivity contribution in [2.75, 3.05) is 6.61 Å². The summed E-state index contributed by atoms with van der Waals surface area (Å²) in [6, 6.07) is 8.47. The van der Waals surface area contributed by atoms with Crippen molar-refractivity contribution in [2.24, 2.45) is 0 Å². The molecule has 0 bridgehead atoms. The molecule has 0 radical (unpaired) electrons. The number of unbranched alkanes of at least 4 members (excludes halogenated alkanes) is 2. The molecule has 1 aromatic carbocycles. The number of fused-ring (bicyclic) bond motifs is 1. The number of aromatic hydroxyl groups is 1. The van der Waals surface area contributed by atoms with Crippen molar-refractivity contribution in [3.05, 3.63) is 40.2 Å². The van der Waals surface area contributed by atoms with Crippen molar-refractivity contribution in [3.8, 4) is 17.0 Å². The van der Waals surface area contributed by atoms with Gasteiger partial charge in [-0.2, -0.15) is 0 Å². The Morgan fingerprint density at radius 2 is 1.96 bits per heavy atom. The van der Waals surface area contributed by atoms with Crippen molar-refractivity contribution >= 4 is 39.1 Å². The number of thiophene rings is 1. The molecule has 5 nitrogen and oxygen atoms in total. The molecule has 3 N–H and O–H groups in total. The largest absolute Gasteiger partial charge is 0.508 e. The summed E-state index contributed by atoms with van der Waals surface area (Å²) in [7, 11) is 0. The fourth-order valence-corrected chi connectivity index (χ4v) is 4.09. The molecule has 3 aromatic rings. The molecule has 3 rings (SSSR count). The van der Waals surface area contributed by atoms with Crippen LogP contribution >= 0.6 is 22.9 Å². The van der Waals surface area contributed by atoms with Gasteiger partial charge in [0.2, 0.25) is 0 Å². The van der Waals surface area contributed by atoms with Crippen molar-refractivity contribution in [1.82, 2.24) is 4.57 Å². The maximum Gasteiger partial charge on any atom is 0.345 e. The topological polar surface area (TPSA) is 82.7 Å². The summed E-state index contributed by atoms with van der Waals surface area (Å²) in [5, 5.41) is 28.2. The minimum absolute atomic E-state index is 0.102. The van der Waals surface area contributed by atoms with Gasteiger partial charge in [0, 0.05) is 18.7 Å². The first-order chi connectivity index (χ1) is 12.0. The monoisotopic (exact) mass is 379 g/mol. The van der Waals surface area contributed by atoms with Crippen molar-refractivity contribution in [2.45, 2.75) is 25.8 Å². The Kier molecular flexibility index (Phi) is 5.32. The average Bonchev–Trinajstić information content (AvgIpc) is 3.10. The van der Waals surface area contributed by atoms with E-state index in [1.54, 1.807) is 18.2 Å². The third kappa shape index (κ3) is 3.66. The summed E-state index contributed by atoms with van der Waals surface area (Å²) in [6.45, 7) is 0.866. The van der Waals surface area contributed by atoms with Gasteiger partial charge in [-0.1, -0.05) is 11.6 Å². The van der Waals surface area contributed by atoms with Crippen LogP contribution in [-0.2, 0) is 6.54 Å². The zero-order valence-electron chi connectivity index (χ0n) is 13.4. The second-order valence-corrected chi connectivity index (χ2v) is 7.29. The van der Waals surface area contributed by atoms with Crippen LogP contribution in [0.15, 0.2) is 30.3 Å². The molecule has 7 heteroatoms. The predicted molar refractivity (Wildman–Crippen MR) is 99.8 cm³/mol. The van der Waals surface area contributed by atoms with Crippen LogP contribution < -0.4 is 0 Å². The molecule has 0 atom stereocenters. The van der Waals surface area contributed by atoms with Gasteiger partial charge in [-0.3, -0.25) is 0 Å². The third-order valence-electron chi connectivity index (χ3n) is 4.07. The number of aliphatic hydroxyl groups is 1. The summed E-state index contributed by atoms with van der Waals surface area (Å²) in [6.07, 6.45) is 2.49. The van der Waals surface area contributed by atoms with Crippen LogP contribution in [0.4, 0.5) is 0 Å². The quantitative estimate of drug-likeness (QED) is 0.524. The van der Waals surface area contributed by atoms with E-state index in [0.29, 0.717) is 16.4 Å². The van der Waals surface area contributed by atoms with E-state index < -0.39 is 5.97 Å². The first-order valence-electron chi connectivity index (χ1n) is 7.97. The molecule has 0 aliphatic carbocycles. The molecule has 0 aliphatic rings. The Hall–Kier alpha value is -2.02. The highest BCUT2D eigenvalue weighted by Gasteiger charge is 2.18. The second-order valence-electron chi connectivity index (χ2n) is 5.79. The van der Waals surface area contributed by atoms with Gasteiger partial charge in [0.25, 0.3) is 0 Å². The van der Waals surface area contributed by atoms with Crippen molar-refractivity contribution < 1.29 is 20.1 Å². The van der Waals surface area contributed by atoms with Gasteiger partial charge in [0.05, 0.1) is 20.9 Å². The zero-order chi connectivity index (χ0) is 18.0. The maximum atomic E-state index is 11.3. The average molecular weight is 380 g/mol. The SMILES string of the molecule is O=C(O)c1cc2c(cc(-c3ccc(O)cc3Cl)n2CCCCCO)s1. The van der Waals surface area contributed by atoms with Crippen LogP contribution in [0, 0.1) is 0 Å². The lowest BCUT2D eigenvalue weighted by Crippen LogP contribution is -2.01. The van der Waals surface area contributed by atoms with E-state index in [1.807, 2.05) is 6.07 Å². The first-order valence-corrected chi connectivity index (χ1v) is 9.17. The molecular weight excluding hydrogens is 362 g/mol. The zero-order valence-corrected chi connectivity index (χ0v) is 15.0. The fourth-order valence-electron chi connectivity index (χ4n) is 2.88. The Morgan fingerprint density at radius 3 is 2.64 bits per heavy atom. The van der Waals surface area contributed by atoms with E-state index in [4.69, 9.17) is 16.7 Å². The maximum absolute atomic E-state index is 11.3. The number of aromatic nitrogens is 1. The van der Waals surface area contributed by atoms with E-state index >= 15 is 0 Å². The van der Waals surface area contributed by atoms with Gasteiger partial charge in [-0.15, -0.1) is 11.3 Å². The summed E-state index contributed by atoms with van der Waals surface area (Å²) >= 11 is 7.53. The molecule has 132 valence electrons.